The molecule has 0 spiro atoms. The van der Waals surface area contributed by atoms with Crippen LogP contribution in [0.1, 0.15) is 20.8 Å². The summed E-state index contributed by atoms with van der Waals surface area (Å²) in [7, 11) is -3.93. The Bertz CT molecular complexity index is 781. The highest BCUT2D eigenvalue weighted by Gasteiger charge is 2.22. The number of carbonyl (C=O) groups is 1. The Morgan fingerprint density at radius 3 is 2.67 bits per heavy atom. The molecule has 1 heterocycles. The van der Waals surface area contributed by atoms with E-state index in [2.05, 4.69) is 4.72 Å². The first-order chi connectivity index (χ1) is 9.81. The molecule has 0 bridgehead atoms. The van der Waals surface area contributed by atoms with E-state index in [0.29, 0.717) is 0 Å². The Kier molecular flexibility index (Phi) is 4.31. The number of aromatic carboxylic acids is 1. The Morgan fingerprint density at radius 2 is 2.10 bits per heavy atom. The van der Waals surface area contributed by atoms with Gasteiger partial charge in [-0.2, -0.15) is 0 Å². The fraction of sp³-hybridized carbons (Fsp3) is 0.154. The predicted molar refractivity (Wildman–Crippen MR) is 80.9 cm³/mol. The molecule has 1 aromatic carbocycles. The largest absolute Gasteiger partial charge is 0.478 e. The zero-order chi connectivity index (χ0) is 15.6. The summed E-state index contributed by atoms with van der Waals surface area (Å²) in [6, 6.07) is 5.58. The van der Waals surface area contributed by atoms with E-state index in [1.807, 2.05) is 18.4 Å². The maximum Gasteiger partial charge on any atom is 0.337 e. The third-order valence-electron chi connectivity index (χ3n) is 2.91. The monoisotopic (exact) mass is 326 g/mol. The van der Waals surface area contributed by atoms with Crippen molar-refractivity contribution in [3.63, 3.8) is 0 Å². The number of nitrogens with one attached hydrogen (secondary N) is 1. The van der Waals surface area contributed by atoms with Crippen molar-refractivity contribution in [1.82, 2.24) is 4.72 Å². The number of nitrogens with two attached hydrogens (primary N) is 1. The first kappa shape index (κ1) is 15.5. The summed E-state index contributed by atoms with van der Waals surface area (Å²) >= 11 is 1.44. The SMILES string of the molecule is Cc1ccsc1CNS(=O)(=O)c1ccc(N)cc1C(=O)O. The summed E-state index contributed by atoms with van der Waals surface area (Å²) in [5.74, 6) is -1.34. The number of carboxylic acid groups (broad SMARTS) is 1. The van der Waals surface area contributed by atoms with Crippen LogP contribution in [0, 0.1) is 6.92 Å². The fourth-order valence-electron chi connectivity index (χ4n) is 1.77. The van der Waals surface area contributed by atoms with E-state index in [1.165, 1.54) is 23.5 Å². The fourth-order valence-corrected chi connectivity index (χ4v) is 3.88. The first-order valence-corrected chi connectivity index (χ1v) is 8.33. The van der Waals surface area contributed by atoms with E-state index < -0.39 is 16.0 Å². The minimum Gasteiger partial charge on any atom is -0.478 e. The number of anilines is 1. The highest BCUT2D eigenvalue weighted by atomic mass is 32.2. The zero-order valence-electron chi connectivity index (χ0n) is 11.2. The molecule has 0 radical (unpaired) electrons. The molecule has 0 amide bonds. The second-order valence-corrected chi connectivity index (χ2v) is 7.15. The number of thiophene rings is 1. The quantitative estimate of drug-likeness (QED) is 0.726. The van der Waals surface area contributed by atoms with E-state index >= 15 is 0 Å². The van der Waals surface area contributed by atoms with Gasteiger partial charge in [-0.05, 0) is 42.1 Å². The van der Waals surface area contributed by atoms with Crippen LogP contribution in [0.2, 0.25) is 0 Å². The standard InChI is InChI=1S/C13H14N2O4S2/c1-8-4-5-20-11(8)7-15-21(18,19)12-3-2-9(14)6-10(12)13(16)17/h2-6,15H,7,14H2,1H3,(H,16,17). The topological polar surface area (TPSA) is 109 Å². The van der Waals surface area contributed by atoms with Crippen LogP contribution >= 0.6 is 11.3 Å². The lowest BCUT2D eigenvalue weighted by Gasteiger charge is -2.10. The minimum absolute atomic E-state index is 0.120. The molecule has 2 rings (SSSR count). The van der Waals surface area contributed by atoms with Gasteiger partial charge in [0.15, 0.2) is 0 Å². The van der Waals surface area contributed by atoms with Gasteiger partial charge >= 0.3 is 5.97 Å². The predicted octanol–water partition coefficient (Wildman–Crippen LogP) is 1.82. The zero-order valence-corrected chi connectivity index (χ0v) is 12.8. The lowest BCUT2D eigenvalue weighted by Crippen LogP contribution is -2.25. The summed E-state index contributed by atoms with van der Waals surface area (Å²) < 4.78 is 26.9. The number of hydrogen-bond donors (Lipinski definition) is 3. The molecule has 2 aromatic rings. The molecule has 0 saturated carbocycles. The third-order valence-corrected chi connectivity index (χ3v) is 5.40. The van der Waals surface area contributed by atoms with Crippen LogP contribution in [0.3, 0.4) is 0 Å². The van der Waals surface area contributed by atoms with Gasteiger partial charge in [-0.3, -0.25) is 0 Å². The van der Waals surface area contributed by atoms with Gasteiger partial charge in [-0.25, -0.2) is 17.9 Å². The number of benzene rings is 1. The van der Waals surface area contributed by atoms with Crippen molar-refractivity contribution in [3.8, 4) is 0 Å². The van der Waals surface area contributed by atoms with E-state index in [9.17, 15) is 13.2 Å². The molecular weight excluding hydrogens is 312 g/mol. The van der Waals surface area contributed by atoms with Gasteiger partial charge in [-0.15, -0.1) is 11.3 Å². The number of rotatable bonds is 5. The Hall–Kier alpha value is -1.90. The highest BCUT2D eigenvalue weighted by Crippen LogP contribution is 2.20. The summed E-state index contributed by atoms with van der Waals surface area (Å²) in [5.41, 5.74) is 6.34. The number of nitrogen functional groups attached to an aromatic ring is 1. The van der Waals surface area contributed by atoms with Crippen LogP contribution < -0.4 is 10.5 Å². The lowest BCUT2D eigenvalue weighted by atomic mass is 10.2. The second kappa shape index (κ2) is 5.84. The summed E-state index contributed by atoms with van der Waals surface area (Å²) in [4.78, 5) is 11.7. The van der Waals surface area contributed by atoms with E-state index in [-0.39, 0.29) is 22.7 Å². The molecule has 6 nitrogen and oxygen atoms in total. The van der Waals surface area contributed by atoms with E-state index in [4.69, 9.17) is 10.8 Å². The molecule has 0 aliphatic heterocycles. The van der Waals surface area contributed by atoms with Crippen LogP contribution in [0.4, 0.5) is 5.69 Å². The lowest BCUT2D eigenvalue weighted by molar-refractivity contribution is 0.0692. The number of aryl methyl sites for hydroxylation is 1. The Morgan fingerprint density at radius 1 is 1.38 bits per heavy atom. The normalized spacial score (nSPS) is 11.5. The minimum atomic E-state index is -3.93. The van der Waals surface area contributed by atoms with Crippen LogP contribution in [0.5, 0.6) is 0 Å². The molecule has 4 N–H and O–H groups in total. The smallest absolute Gasteiger partial charge is 0.337 e. The number of hydrogen-bond acceptors (Lipinski definition) is 5. The molecule has 112 valence electrons. The van der Waals surface area contributed by atoms with Gasteiger partial charge < -0.3 is 10.8 Å². The van der Waals surface area contributed by atoms with Gasteiger partial charge in [0.2, 0.25) is 10.0 Å². The van der Waals surface area contributed by atoms with Crippen molar-refractivity contribution in [2.75, 3.05) is 5.73 Å². The van der Waals surface area contributed by atoms with Crippen LogP contribution in [-0.4, -0.2) is 19.5 Å². The number of sulfonamides is 1. The molecule has 0 aliphatic carbocycles. The average molecular weight is 326 g/mol. The van der Waals surface area contributed by atoms with Gasteiger partial charge in [0, 0.05) is 17.1 Å². The van der Waals surface area contributed by atoms with Crippen LogP contribution in [0.15, 0.2) is 34.5 Å². The van der Waals surface area contributed by atoms with E-state index in [1.54, 1.807) is 0 Å². The van der Waals surface area contributed by atoms with Crippen LogP contribution in [-0.2, 0) is 16.6 Å². The second-order valence-electron chi connectivity index (χ2n) is 4.41. The molecule has 0 atom stereocenters. The van der Waals surface area contributed by atoms with Gasteiger partial charge in [0.25, 0.3) is 0 Å². The number of carboxylic acids is 1. The van der Waals surface area contributed by atoms with Crippen LogP contribution in [0.25, 0.3) is 0 Å². The maximum absolute atomic E-state index is 12.3. The molecule has 0 unspecified atom stereocenters. The van der Waals surface area contributed by atoms with Crippen molar-refractivity contribution in [3.05, 3.63) is 45.6 Å². The van der Waals surface area contributed by atoms with Crippen molar-refractivity contribution in [2.45, 2.75) is 18.4 Å². The van der Waals surface area contributed by atoms with Gasteiger partial charge in [0.1, 0.15) is 0 Å². The van der Waals surface area contributed by atoms with Gasteiger partial charge in [0.05, 0.1) is 10.5 Å². The molecular formula is C13H14N2O4S2. The summed E-state index contributed by atoms with van der Waals surface area (Å²) in [6.07, 6.45) is 0. The molecule has 0 aliphatic rings. The maximum atomic E-state index is 12.3. The Balaban J connectivity index is 2.32. The van der Waals surface area contributed by atoms with Crippen molar-refractivity contribution >= 4 is 33.0 Å². The van der Waals surface area contributed by atoms with Crippen molar-refractivity contribution < 1.29 is 18.3 Å². The molecule has 0 saturated heterocycles. The average Bonchev–Trinajstić information content (AvgIpc) is 2.81. The molecule has 8 heteroatoms. The Labute approximate surface area is 126 Å². The summed E-state index contributed by atoms with van der Waals surface area (Å²) in [5, 5.41) is 11.0. The van der Waals surface area contributed by atoms with Gasteiger partial charge in [-0.1, -0.05) is 0 Å². The third kappa shape index (κ3) is 3.41. The molecule has 21 heavy (non-hydrogen) atoms. The van der Waals surface area contributed by atoms with Crippen molar-refractivity contribution in [2.24, 2.45) is 0 Å². The van der Waals surface area contributed by atoms with E-state index in [0.717, 1.165) is 16.5 Å². The summed E-state index contributed by atoms with van der Waals surface area (Å²) in [6.45, 7) is 2.00. The highest BCUT2D eigenvalue weighted by molar-refractivity contribution is 7.89. The molecule has 0 fully saturated rings. The molecule has 1 aromatic heterocycles. The first-order valence-electron chi connectivity index (χ1n) is 5.96. The van der Waals surface area contributed by atoms with Crippen molar-refractivity contribution in [1.29, 1.82) is 0 Å².